The van der Waals surface area contributed by atoms with E-state index in [4.69, 9.17) is 0 Å². The summed E-state index contributed by atoms with van der Waals surface area (Å²) in [5, 5.41) is 0. The van der Waals surface area contributed by atoms with Crippen LogP contribution in [-0.4, -0.2) is 9.55 Å². The SMILES string of the molecule is CCc1cc(=O)n2c(n1)CCCC2. The van der Waals surface area contributed by atoms with Gasteiger partial charge in [0, 0.05) is 24.7 Å². The van der Waals surface area contributed by atoms with E-state index in [0.717, 1.165) is 37.3 Å². The number of fused-ring (bicyclic) bond motifs is 1. The fourth-order valence-corrected chi connectivity index (χ4v) is 1.77. The van der Waals surface area contributed by atoms with Crippen molar-refractivity contribution >= 4 is 0 Å². The van der Waals surface area contributed by atoms with E-state index < -0.39 is 0 Å². The number of rotatable bonds is 1. The number of hydrogen-bond donors (Lipinski definition) is 0. The Labute approximate surface area is 77.4 Å². The molecular weight excluding hydrogens is 164 g/mol. The zero-order valence-electron chi connectivity index (χ0n) is 7.92. The van der Waals surface area contributed by atoms with Gasteiger partial charge in [0.05, 0.1) is 0 Å². The maximum absolute atomic E-state index is 11.6. The van der Waals surface area contributed by atoms with Gasteiger partial charge in [-0.05, 0) is 19.3 Å². The normalized spacial score (nSPS) is 15.5. The van der Waals surface area contributed by atoms with Crippen molar-refractivity contribution in [3.8, 4) is 0 Å². The molecule has 0 bridgehead atoms. The summed E-state index contributed by atoms with van der Waals surface area (Å²) in [7, 11) is 0. The quantitative estimate of drug-likeness (QED) is 0.646. The zero-order valence-corrected chi connectivity index (χ0v) is 7.92. The summed E-state index contributed by atoms with van der Waals surface area (Å²) in [5.74, 6) is 0.982. The summed E-state index contributed by atoms with van der Waals surface area (Å²) in [6.45, 7) is 2.88. The fraction of sp³-hybridized carbons (Fsp3) is 0.600. The molecule has 0 amide bonds. The third-order valence-electron chi connectivity index (χ3n) is 2.53. The molecule has 0 unspecified atom stereocenters. The molecule has 0 fully saturated rings. The molecular formula is C10H14N2O. The van der Waals surface area contributed by atoms with Crippen LogP contribution in [0.5, 0.6) is 0 Å². The first kappa shape index (κ1) is 8.48. The Balaban J connectivity index is 2.53. The van der Waals surface area contributed by atoms with E-state index in [0.29, 0.717) is 0 Å². The summed E-state index contributed by atoms with van der Waals surface area (Å²) in [6.07, 6.45) is 4.09. The summed E-state index contributed by atoms with van der Waals surface area (Å²) < 4.78 is 1.81. The topological polar surface area (TPSA) is 34.9 Å². The lowest BCUT2D eigenvalue weighted by molar-refractivity contribution is 0.492. The monoisotopic (exact) mass is 178 g/mol. The molecule has 1 aliphatic heterocycles. The number of hydrogen-bond acceptors (Lipinski definition) is 2. The summed E-state index contributed by atoms with van der Waals surface area (Å²) >= 11 is 0. The van der Waals surface area contributed by atoms with E-state index >= 15 is 0 Å². The number of aryl methyl sites for hydroxylation is 2. The van der Waals surface area contributed by atoms with Crippen molar-refractivity contribution in [2.75, 3.05) is 0 Å². The molecule has 2 heterocycles. The highest BCUT2D eigenvalue weighted by atomic mass is 16.1. The first-order valence-corrected chi connectivity index (χ1v) is 4.91. The van der Waals surface area contributed by atoms with Crippen LogP contribution in [0, 0.1) is 0 Å². The van der Waals surface area contributed by atoms with Crippen molar-refractivity contribution < 1.29 is 0 Å². The lowest BCUT2D eigenvalue weighted by Crippen LogP contribution is -2.28. The second-order valence-electron chi connectivity index (χ2n) is 3.46. The molecule has 0 spiro atoms. The fourth-order valence-electron chi connectivity index (χ4n) is 1.77. The van der Waals surface area contributed by atoms with Crippen LogP contribution in [0.1, 0.15) is 31.3 Å². The van der Waals surface area contributed by atoms with Crippen LogP contribution in [0.2, 0.25) is 0 Å². The van der Waals surface area contributed by atoms with Gasteiger partial charge in [0.2, 0.25) is 0 Å². The van der Waals surface area contributed by atoms with Crippen molar-refractivity contribution in [1.82, 2.24) is 9.55 Å². The molecule has 2 rings (SSSR count). The van der Waals surface area contributed by atoms with Gasteiger partial charge in [0.25, 0.3) is 5.56 Å². The van der Waals surface area contributed by atoms with E-state index in [2.05, 4.69) is 4.98 Å². The molecule has 0 N–H and O–H groups in total. The molecule has 0 atom stereocenters. The number of aromatic nitrogens is 2. The predicted molar refractivity (Wildman–Crippen MR) is 50.8 cm³/mol. The van der Waals surface area contributed by atoms with E-state index in [9.17, 15) is 4.79 Å². The van der Waals surface area contributed by atoms with Crippen molar-refractivity contribution in [1.29, 1.82) is 0 Å². The maximum Gasteiger partial charge on any atom is 0.253 e. The van der Waals surface area contributed by atoms with Gasteiger partial charge in [-0.1, -0.05) is 6.92 Å². The zero-order chi connectivity index (χ0) is 9.26. The Morgan fingerprint density at radius 2 is 2.38 bits per heavy atom. The molecule has 0 aliphatic carbocycles. The molecule has 0 saturated heterocycles. The van der Waals surface area contributed by atoms with Gasteiger partial charge in [-0.2, -0.15) is 0 Å². The minimum Gasteiger partial charge on any atom is -0.297 e. The highest BCUT2D eigenvalue weighted by molar-refractivity contribution is 5.06. The molecule has 0 aromatic carbocycles. The van der Waals surface area contributed by atoms with Crippen LogP contribution in [0.25, 0.3) is 0 Å². The molecule has 3 heteroatoms. The van der Waals surface area contributed by atoms with Crippen molar-refractivity contribution in [3.05, 3.63) is 27.9 Å². The van der Waals surface area contributed by atoms with Crippen LogP contribution in [0.15, 0.2) is 10.9 Å². The lowest BCUT2D eigenvalue weighted by atomic mass is 10.1. The molecule has 13 heavy (non-hydrogen) atoms. The van der Waals surface area contributed by atoms with Crippen molar-refractivity contribution in [2.45, 2.75) is 39.2 Å². The van der Waals surface area contributed by atoms with Gasteiger partial charge in [-0.15, -0.1) is 0 Å². The van der Waals surface area contributed by atoms with E-state index in [-0.39, 0.29) is 5.56 Å². The van der Waals surface area contributed by atoms with Crippen molar-refractivity contribution in [2.24, 2.45) is 0 Å². The van der Waals surface area contributed by atoms with Gasteiger partial charge in [-0.25, -0.2) is 4.98 Å². The summed E-state index contributed by atoms with van der Waals surface area (Å²) in [5.41, 5.74) is 1.06. The van der Waals surface area contributed by atoms with Crippen molar-refractivity contribution in [3.63, 3.8) is 0 Å². The third kappa shape index (κ3) is 1.50. The minimum atomic E-state index is 0.126. The first-order chi connectivity index (χ1) is 6.31. The maximum atomic E-state index is 11.6. The predicted octanol–water partition coefficient (Wildman–Crippen LogP) is 1.14. The van der Waals surface area contributed by atoms with Gasteiger partial charge in [-0.3, -0.25) is 9.36 Å². The molecule has 1 aromatic rings. The Hall–Kier alpha value is -1.12. The minimum absolute atomic E-state index is 0.126. The van der Waals surface area contributed by atoms with E-state index in [1.165, 1.54) is 6.42 Å². The van der Waals surface area contributed by atoms with Crippen LogP contribution < -0.4 is 5.56 Å². The third-order valence-corrected chi connectivity index (χ3v) is 2.53. The smallest absolute Gasteiger partial charge is 0.253 e. The van der Waals surface area contributed by atoms with E-state index in [1.807, 2.05) is 11.5 Å². The Morgan fingerprint density at radius 1 is 1.54 bits per heavy atom. The van der Waals surface area contributed by atoms with Crippen LogP contribution in [-0.2, 0) is 19.4 Å². The Kier molecular flexibility index (Phi) is 2.17. The molecule has 1 aliphatic rings. The Bertz CT molecular complexity index is 368. The summed E-state index contributed by atoms with van der Waals surface area (Å²) in [6, 6.07) is 1.66. The second-order valence-corrected chi connectivity index (χ2v) is 3.46. The number of nitrogens with zero attached hydrogens (tertiary/aromatic N) is 2. The average molecular weight is 178 g/mol. The molecule has 1 aromatic heterocycles. The molecule has 0 radical (unpaired) electrons. The van der Waals surface area contributed by atoms with E-state index in [1.54, 1.807) is 6.07 Å². The van der Waals surface area contributed by atoms with Gasteiger partial charge >= 0.3 is 0 Å². The highest BCUT2D eigenvalue weighted by Crippen LogP contribution is 2.09. The van der Waals surface area contributed by atoms with Crippen LogP contribution in [0.4, 0.5) is 0 Å². The molecule has 70 valence electrons. The Morgan fingerprint density at radius 3 is 3.15 bits per heavy atom. The molecule has 3 nitrogen and oxygen atoms in total. The standard InChI is InChI=1S/C10H14N2O/c1-2-8-7-10(13)12-6-4-3-5-9(12)11-8/h7H,2-6H2,1H3. The van der Waals surface area contributed by atoms with Gasteiger partial charge in [0.1, 0.15) is 5.82 Å². The second kappa shape index (κ2) is 3.32. The summed E-state index contributed by atoms with van der Waals surface area (Å²) in [4.78, 5) is 16.0. The van der Waals surface area contributed by atoms with Crippen LogP contribution in [0.3, 0.4) is 0 Å². The largest absolute Gasteiger partial charge is 0.297 e. The first-order valence-electron chi connectivity index (χ1n) is 4.91. The van der Waals surface area contributed by atoms with Gasteiger partial charge < -0.3 is 0 Å². The van der Waals surface area contributed by atoms with Crippen LogP contribution >= 0.6 is 0 Å². The van der Waals surface area contributed by atoms with Gasteiger partial charge in [0.15, 0.2) is 0 Å². The lowest BCUT2D eigenvalue weighted by Gasteiger charge is -2.17. The average Bonchev–Trinajstić information content (AvgIpc) is 2.18. The molecule has 0 saturated carbocycles. The highest BCUT2D eigenvalue weighted by Gasteiger charge is 2.11.